The number of benzene rings is 3. The number of amides is 4. The molecule has 0 unspecified atom stereocenters. The average Bonchev–Trinajstić information content (AvgIpc) is 3.76. The summed E-state index contributed by atoms with van der Waals surface area (Å²) in [6.07, 6.45) is 0.0556. The lowest BCUT2D eigenvalue weighted by atomic mass is 10.0. The molecule has 0 saturated heterocycles. The van der Waals surface area contributed by atoms with Crippen molar-refractivity contribution in [2.24, 2.45) is 0 Å². The molecule has 3 aliphatic heterocycles. The maximum Gasteiger partial charge on any atom is 0.252 e. The zero-order chi connectivity index (χ0) is 34.3. The van der Waals surface area contributed by atoms with E-state index in [1.807, 2.05) is 30.3 Å². The maximum absolute atomic E-state index is 13.7. The summed E-state index contributed by atoms with van der Waals surface area (Å²) in [5, 5.41) is 25.6. The number of aliphatic hydroxyl groups is 1. The first-order chi connectivity index (χ1) is 23.8. The van der Waals surface area contributed by atoms with E-state index in [0.29, 0.717) is 34.2 Å². The van der Waals surface area contributed by atoms with Crippen molar-refractivity contribution < 1.29 is 38.5 Å². The number of aliphatic hydroxyl groups excluding tert-OH is 1. The summed E-state index contributed by atoms with van der Waals surface area (Å²) < 4.78 is 17.9. The summed E-state index contributed by atoms with van der Waals surface area (Å²) in [6, 6.07) is 17.4. The Balaban J connectivity index is 1.26. The van der Waals surface area contributed by atoms with Crippen LogP contribution in [0.2, 0.25) is 0 Å². The van der Waals surface area contributed by atoms with Crippen molar-refractivity contribution in [3.63, 3.8) is 0 Å². The number of nitrogens with zero attached hydrogens (tertiary/aromatic N) is 3. The Morgan fingerprint density at radius 2 is 1.73 bits per heavy atom. The van der Waals surface area contributed by atoms with Crippen molar-refractivity contribution >= 4 is 23.6 Å². The molecule has 4 amide bonds. The third-order valence-corrected chi connectivity index (χ3v) is 7.90. The first kappa shape index (κ1) is 33.0. The average molecular weight is 670 g/mol. The van der Waals surface area contributed by atoms with E-state index in [9.17, 15) is 24.3 Å². The SMILES string of the molecule is C[C@@H]1NC(=O)[C@H](CO)NC(=O)[C@@H](NC(=O)c2ccc3c(c2)OCO3)Cc2ccc(cc2)OCCNC(=O)Cn2nc(-c3ccccc3)nc21. The highest BCUT2D eigenvalue weighted by atomic mass is 16.7. The van der Waals surface area contributed by atoms with Gasteiger partial charge in [-0.25, -0.2) is 9.67 Å². The summed E-state index contributed by atoms with van der Waals surface area (Å²) >= 11 is 0. The van der Waals surface area contributed by atoms with Crippen LogP contribution in [-0.4, -0.2) is 82.1 Å². The molecule has 0 spiro atoms. The minimum atomic E-state index is -1.38. The fourth-order valence-electron chi connectivity index (χ4n) is 5.34. The molecule has 3 aliphatic rings. The molecule has 0 radical (unpaired) electrons. The van der Waals surface area contributed by atoms with Gasteiger partial charge in [0.05, 0.1) is 19.2 Å². The molecule has 0 fully saturated rings. The van der Waals surface area contributed by atoms with Gasteiger partial charge in [0.25, 0.3) is 5.91 Å². The zero-order valence-electron chi connectivity index (χ0n) is 26.5. The predicted octanol–water partition coefficient (Wildman–Crippen LogP) is 0.878. The lowest BCUT2D eigenvalue weighted by Gasteiger charge is -2.24. The predicted molar refractivity (Wildman–Crippen MR) is 174 cm³/mol. The molecule has 3 aromatic carbocycles. The second kappa shape index (κ2) is 14.9. The van der Waals surface area contributed by atoms with Gasteiger partial charge in [-0.2, -0.15) is 5.10 Å². The molecule has 49 heavy (non-hydrogen) atoms. The highest BCUT2D eigenvalue weighted by molar-refractivity contribution is 5.99. The number of fused-ring (bicyclic) bond motifs is 15. The lowest BCUT2D eigenvalue weighted by Crippen LogP contribution is -2.55. The van der Waals surface area contributed by atoms with Gasteiger partial charge in [-0.3, -0.25) is 19.2 Å². The van der Waals surface area contributed by atoms with Crippen molar-refractivity contribution in [1.82, 2.24) is 36.0 Å². The Hall–Kier alpha value is -5.96. The number of hydrogen-bond acceptors (Lipinski definition) is 10. The molecule has 2 bridgehead atoms. The summed E-state index contributed by atoms with van der Waals surface area (Å²) in [5.41, 5.74) is 1.64. The van der Waals surface area contributed by atoms with Crippen LogP contribution in [0.4, 0.5) is 0 Å². The third kappa shape index (κ3) is 7.96. The second-order valence-electron chi connectivity index (χ2n) is 11.4. The van der Waals surface area contributed by atoms with Crippen LogP contribution >= 0.6 is 0 Å². The van der Waals surface area contributed by atoms with Gasteiger partial charge in [-0.15, -0.1) is 0 Å². The number of carbonyl (C=O) groups excluding carboxylic acids is 4. The van der Waals surface area contributed by atoms with Crippen molar-refractivity contribution in [2.45, 2.75) is 38.0 Å². The number of aromatic nitrogens is 3. The molecule has 4 heterocycles. The largest absolute Gasteiger partial charge is 0.492 e. The van der Waals surface area contributed by atoms with E-state index < -0.39 is 42.5 Å². The molecule has 5 N–H and O–H groups in total. The summed E-state index contributed by atoms with van der Waals surface area (Å²) in [4.78, 5) is 57.9. The quantitative estimate of drug-likeness (QED) is 0.208. The van der Waals surface area contributed by atoms with Crippen LogP contribution in [0.25, 0.3) is 11.4 Å². The van der Waals surface area contributed by atoms with Crippen LogP contribution in [0.15, 0.2) is 72.8 Å². The highest BCUT2D eigenvalue weighted by Crippen LogP contribution is 2.32. The Morgan fingerprint density at radius 3 is 2.51 bits per heavy atom. The second-order valence-corrected chi connectivity index (χ2v) is 11.4. The number of nitrogens with one attached hydrogen (secondary N) is 4. The van der Waals surface area contributed by atoms with Gasteiger partial charge >= 0.3 is 0 Å². The van der Waals surface area contributed by atoms with Crippen molar-refractivity contribution in [1.29, 1.82) is 0 Å². The standard InChI is InChI=1S/C34H35N7O8/c1-20-31-39-30(22-5-3-2-4-6-22)40-41(31)17-29(43)35-13-14-47-24-10-7-21(8-11-24)15-25(33(45)38-26(18-42)34(46)36-20)37-32(44)23-9-12-27-28(16-23)49-19-48-27/h2-12,16,20,25-26,42H,13-15,17-19H2,1H3,(H,35,43)(H,36,46)(H,37,44)(H,38,45)/t20-,25-,26-/m0/s1. The number of hydrogen-bond donors (Lipinski definition) is 5. The Morgan fingerprint density at radius 1 is 0.959 bits per heavy atom. The van der Waals surface area contributed by atoms with Crippen molar-refractivity contribution in [2.75, 3.05) is 26.6 Å². The fraction of sp³-hybridized carbons (Fsp3) is 0.294. The van der Waals surface area contributed by atoms with Gasteiger partial charge in [0, 0.05) is 17.5 Å². The molecular formula is C34H35N7O8. The molecule has 0 saturated carbocycles. The third-order valence-electron chi connectivity index (χ3n) is 7.90. The smallest absolute Gasteiger partial charge is 0.252 e. The first-order valence-electron chi connectivity index (χ1n) is 15.7. The molecule has 0 aliphatic carbocycles. The van der Waals surface area contributed by atoms with Crippen LogP contribution in [0, 0.1) is 0 Å². The van der Waals surface area contributed by atoms with Crippen LogP contribution in [-0.2, 0) is 27.3 Å². The minimum absolute atomic E-state index is 0.0373. The molecule has 3 atom stereocenters. The summed E-state index contributed by atoms with van der Waals surface area (Å²) in [7, 11) is 0. The van der Waals surface area contributed by atoms with Crippen LogP contribution in [0.1, 0.15) is 34.7 Å². The van der Waals surface area contributed by atoms with Gasteiger partial charge in [0.1, 0.15) is 36.8 Å². The van der Waals surface area contributed by atoms with Gasteiger partial charge < -0.3 is 40.6 Å². The first-order valence-corrected chi connectivity index (χ1v) is 15.7. The molecule has 7 rings (SSSR count). The summed E-state index contributed by atoms with van der Waals surface area (Å²) in [6.45, 7) is 1.18. The van der Waals surface area contributed by atoms with Crippen molar-refractivity contribution in [3.8, 4) is 28.6 Å². The van der Waals surface area contributed by atoms with E-state index in [1.165, 1.54) is 10.7 Å². The topological polar surface area (TPSA) is 195 Å². The van der Waals surface area contributed by atoms with Gasteiger partial charge in [-0.05, 0) is 42.8 Å². The Bertz CT molecular complexity index is 1830. The zero-order valence-corrected chi connectivity index (χ0v) is 26.5. The molecule has 254 valence electrons. The van der Waals surface area contributed by atoms with E-state index >= 15 is 0 Å². The summed E-state index contributed by atoms with van der Waals surface area (Å²) in [5.74, 6) is -0.226. The normalized spacial score (nSPS) is 19.9. The van der Waals surface area contributed by atoms with E-state index in [0.717, 1.165) is 0 Å². The molecule has 15 nitrogen and oxygen atoms in total. The van der Waals surface area contributed by atoms with Gasteiger partial charge in [0.15, 0.2) is 17.3 Å². The van der Waals surface area contributed by atoms with E-state index in [1.54, 1.807) is 43.3 Å². The monoisotopic (exact) mass is 669 g/mol. The van der Waals surface area contributed by atoms with Crippen LogP contribution in [0.5, 0.6) is 17.2 Å². The molecule has 1 aromatic heterocycles. The molecular weight excluding hydrogens is 634 g/mol. The lowest BCUT2D eigenvalue weighted by molar-refractivity contribution is -0.131. The number of rotatable bonds is 4. The van der Waals surface area contributed by atoms with Crippen LogP contribution in [0.3, 0.4) is 0 Å². The number of ether oxygens (including phenoxy) is 3. The van der Waals surface area contributed by atoms with E-state index in [-0.39, 0.29) is 50.2 Å². The molecule has 4 aromatic rings. The van der Waals surface area contributed by atoms with Crippen molar-refractivity contribution in [3.05, 3.63) is 89.7 Å². The fourth-order valence-corrected chi connectivity index (χ4v) is 5.34. The van der Waals surface area contributed by atoms with Gasteiger partial charge in [-0.1, -0.05) is 42.5 Å². The Labute approximate surface area is 281 Å². The highest BCUT2D eigenvalue weighted by Gasteiger charge is 2.30. The van der Waals surface area contributed by atoms with Gasteiger partial charge in [0.2, 0.25) is 24.5 Å². The minimum Gasteiger partial charge on any atom is -0.492 e. The maximum atomic E-state index is 13.7. The van der Waals surface area contributed by atoms with E-state index in [4.69, 9.17) is 14.2 Å². The Kier molecular flexibility index (Phi) is 9.99. The number of carbonyl (C=O) groups is 4. The molecule has 15 heteroatoms. The van der Waals surface area contributed by atoms with E-state index in [2.05, 4.69) is 31.3 Å². The van der Waals surface area contributed by atoms with Crippen LogP contribution < -0.4 is 35.5 Å².